The molecule has 0 aromatic heterocycles. The molecule has 0 aromatic carbocycles. The minimum Gasteiger partial charge on any atom is -0.330 e. The topological polar surface area (TPSA) is 15.3 Å². The van der Waals surface area contributed by atoms with Crippen molar-refractivity contribution in [1.29, 1.82) is 0 Å². The molecular weight excluding hydrogens is 188 g/mol. The SMILES string of the molecule is CCN(CC)CN[SiH2]C(C)C(C)(C)C. The van der Waals surface area contributed by atoms with Crippen LogP contribution in [0, 0.1) is 5.41 Å². The molecule has 1 atom stereocenters. The van der Waals surface area contributed by atoms with E-state index >= 15 is 0 Å². The van der Waals surface area contributed by atoms with E-state index in [2.05, 4.69) is 51.4 Å². The standard InChI is InChI=1S/C11H28N2Si/c1-7-13(8-2)9-12-14-10(3)11(4,5)6/h10,12H,7-9,14H2,1-6H3. The predicted octanol–water partition coefficient (Wildman–Crippen LogP) is 1.81. The summed E-state index contributed by atoms with van der Waals surface area (Å²) in [4.78, 5) is 6.09. The number of nitrogens with one attached hydrogen (secondary N) is 1. The normalized spacial score (nSPS) is 15.6. The van der Waals surface area contributed by atoms with Crippen LogP contribution in [0.25, 0.3) is 0 Å². The first-order valence-corrected chi connectivity index (χ1v) is 7.37. The van der Waals surface area contributed by atoms with Gasteiger partial charge in [-0.2, -0.15) is 0 Å². The van der Waals surface area contributed by atoms with E-state index in [1.54, 1.807) is 0 Å². The first-order chi connectivity index (χ1) is 6.41. The van der Waals surface area contributed by atoms with Gasteiger partial charge in [0.05, 0.1) is 9.68 Å². The van der Waals surface area contributed by atoms with E-state index in [1.165, 1.54) is 0 Å². The Balaban J connectivity index is 3.63. The minimum absolute atomic E-state index is 0.122. The second-order valence-corrected chi connectivity index (χ2v) is 7.32. The van der Waals surface area contributed by atoms with E-state index < -0.39 is 0 Å². The van der Waals surface area contributed by atoms with Gasteiger partial charge in [0.15, 0.2) is 0 Å². The molecule has 0 aromatic rings. The molecule has 0 amide bonds. The third-order valence-corrected chi connectivity index (χ3v) is 5.51. The van der Waals surface area contributed by atoms with Crippen LogP contribution in [0.3, 0.4) is 0 Å². The molecule has 0 rings (SSSR count). The molecule has 14 heavy (non-hydrogen) atoms. The maximum atomic E-state index is 3.66. The highest BCUT2D eigenvalue weighted by atomic mass is 28.2. The molecule has 0 bridgehead atoms. The Morgan fingerprint density at radius 2 is 1.71 bits per heavy atom. The van der Waals surface area contributed by atoms with Gasteiger partial charge in [-0.05, 0) is 24.0 Å². The van der Waals surface area contributed by atoms with Crippen LogP contribution >= 0.6 is 0 Å². The van der Waals surface area contributed by atoms with Gasteiger partial charge < -0.3 is 4.98 Å². The summed E-state index contributed by atoms with van der Waals surface area (Å²) in [6.07, 6.45) is 0. The van der Waals surface area contributed by atoms with Crippen molar-refractivity contribution in [2.24, 2.45) is 5.41 Å². The first-order valence-electron chi connectivity index (χ1n) is 5.84. The molecule has 0 aliphatic heterocycles. The molecule has 3 heteroatoms. The van der Waals surface area contributed by atoms with Crippen LogP contribution in [0.2, 0.25) is 5.54 Å². The highest BCUT2D eigenvalue weighted by Gasteiger charge is 2.19. The first kappa shape index (κ1) is 14.1. The van der Waals surface area contributed by atoms with Crippen molar-refractivity contribution in [3.63, 3.8) is 0 Å². The quantitative estimate of drug-likeness (QED) is 0.538. The van der Waals surface area contributed by atoms with Crippen LogP contribution in [0.15, 0.2) is 0 Å². The zero-order valence-electron chi connectivity index (χ0n) is 10.9. The summed E-state index contributed by atoms with van der Waals surface area (Å²) in [6.45, 7) is 17.2. The van der Waals surface area contributed by atoms with E-state index in [4.69, 9.17) is 0 Å². The van der Waals surface area contributed by atoms with Crippen molar-refractivity contribution in [3.8, 4) is 0 Å². The molecule has 0 heterocycles. The van der Waals surface area contributed by atoms with Crippen LogP contribution in [0.1, 0.15) is 41.5 Å². The summed E-state index contributed by atoms with van der Waals surface area (Å²) < 4.78 is 0. The van der Waals surface area contributed by atoms with Gasteiger partial charge in [0.25, 0.3) is 0 Å². The van der Waals surface area contributed by atoms with Gasteiger partial charge in [0.1, 0.15) is 0 Å². The Morgan fingerprint density at radius 3 is 2.07 bits per heavy atom. The molecule has 0 aliphatic carbocycles. The molecule has 0 radical (unpaired) electrons. The summed E-state index contributed by atoms with van der Waals surface area (Å²) in [6, 6.07) is 0. The van der Waals surface area contributed by atoms with Gasteiger partial charge in [-0.25, -0.2) is 0 Å². The van der Waals surface area contributed by atoms with Crippen LogP contribution in [0.5, 0.6) is 0 Å². The predicted molar refractivity (Wildman–Crippen MR) is 68.3 cm³/mol. The summed E-state index contributed by atoms with van der Waals surface area (Å²) in [5.74, 6) is 0. The van der Waals surface area contributed by atoms with Crippen molar-refractivity contribution in [2.45, 2.75) is 47.1 Å². The molecular formula is C11H28N2Si. The minimum atomic E-state index is -0.122. The van der Waals surface area contributed by atoms with Crippen molar-refractivity contribution in [1.82, 2.24) is 9.88 Å². The molecule has 1 unspecified atom stereocenters. The van der Waals surface area contributed by atoms with Crippen LogP contribution in [-0.2, 0) is 0 Å². The maximum absolute atomic E-state index is 3.66. The van der Waals surface area contributed by atoms with Gasteiger partial charge in [-0.3, -0.25) is 4.90 Å². The summed E-state index contributed by atoms with van der Waals surface area (Å²) in [5, 5.41) is 0. The largest absolute Gasteiger partial charge is 0.330 e. The Hall–Kier alpha value is 0.137. The highest BCUT2D eigenvalue weighted by molar-refractivity contribution is 6.34. The molecule has 0 saturated heterocycles. The van der Waals surface area contributed by atoms with Crippen LogP contribution in [-0.4, -0.2) is 34.3 Å². The fourth-order valence-corrected chi connectivity index (χ4v) is 2.68. The molecule has 1 N–H and O–H groups in total. The lowest BCUT2D eigenvalue weighted by molar-refractivity contribution is 0.298. The number of hydrogen-bond donors (Lipinski definition) is 1. The highest BCUT2D eigenvalue weighted by Crippen LogP contribution is 2.28. The number of hydrogen-bond acceptors (Lipinski definition) is 2. The van der Waals surface area contributed by atoms with E-state index in [1.807, 2.05) is 0 Å². The Labute approximate surface area is 92.4 Å². The Kier molecular flexibility index (Phi) is 6.65. The average molecular weight is 216 g/mol. The van der Waals surface area contributed by atoms with Crippen molar-refractivity contribution in [2.75, 3.05) is 19.8 Å². The van der Waals surface area contributed by atoms with E-state index in [9.17, 15) is 0 Å². The fraction of sp³-hybridized carbons (Fsp3) is 1.00. The Morgan fingerprint density at radius 1 is 1.21 bits per heavy atom. The molecule has 0 saturated carbocycles. The molecule has 86 valence electrons. The summed E-state index contributed by atoms with van der Waals surface area (Å²) in [7, 11) is -0.122. The second-order valence-electron chi connectivity index (χ2n) is 5.18. The zero-order valence-corrected chi connectivity index (χ0v) is 12.3. The smallest absolute Gasteiger partial charge is 0.0963 e. The number of rotatable bonds is 6. The van der Waals surface area contributed by atoms with Crippen LogP contribution in [0.4, 0.5) is 0 Å². The maximum Gasteiger partial charge on any atom is 0.0963 e. The van der Waals surface area contributed by atoms with E-state index in [-0.39, 0.29) is 9.68 Å². The fourth-order valence-electron chi connectivity index (χ4n) is 1.19. The second kappa shape index (κ2) is 6.59. The molecule has 0 spiro atoms. The van der Waals surface area contributed by atoms with Crippen molar-refractivity contribution >= 4 is 9.68 Å². The van der Waals surface area contributed by atoms with Gasteiger partial charge in [-0.15, -0.1) is 0 Å². The van der Waals surface area contributed by atoms with Crippen LogP contribution < -0.4 is 4.98 Å². The lowest BCUT2D eigenvalue weighted by Crippen LogP contribution is -2.38. The molecule has 0 fully saturated rings. The van der Waals surface area contributed by atoms with E-state index in [0.717, 1.165) is 25.3 Å². The van der Waals surface area contributed by atoms with E-state index in [0.29, 0.717) is 5.41 Å². The number of nitrogens with zero attached hydrogens (tertiary/aromatic N) is 1. The summed E-state index contributed by atoms with van der Waals surface area (Å²) in [5.41, 5.74) is 1.33. The Bertz CT molecular complexity index is 139. The van der Waals surface area contributed by atoms with Gasteiger partial charge >= 0.3 is 0 Å². The molecule has 2 nitrogen and oxygen atoms in total. The third-order valence-electron chi connectivity index (χ3n) is 3.16. The van der Waals surface area contributed by atoms with Gasteiger partial charge in [0, 0.05) is 6.67 Å². The van der Waals surface area contributed by atoms with Gasteiger partial charge in [0.2, 0.25) is 0 Å². The summed E-state index contributed by atoms with van der Waals surface area (Å²) >= 11 is 0. The zero-order chi connectivity index (χ0) is 11.2. The van der Waals surface area contributed by atoms with Crippen molar-refractivity contribution in [3.05, 3.63) is 0 Å². The average Bonchev–Trinajstić information content (AvgIpc) is 2.10. The third kappa shape index (κ3) is 5.78. The molecule has 0 aliphatic rings. The lowest BCUT2D eigenvalue weighted by atomic mass is 9.93. The monoisotopic (exact) mass is 216 g/mol. The van der Waals surface area contributed by atoms with Crippen molar-refractivity contribution < 1.29 is 0 Å². The lowest BCUT2D eigenvalue weighted by Gasteiger charge is -2.28. The van der Waals surface area contributed by atoms with Gasteiger partial charge in [-0.1, -0.05) is 41.5 Å².